The van der Waals surface area contributed by atoms with Crippen molar-refractivity contribution >= 4 is 47.8 Å². The van der Waals surface area contributed by atoms with Gasteiger partial charge in [-0.05, 0) is 40.2 Å². The third-order valence-corrected chi connectivity index (χ3v) is 3.95. The fourth-order valence-corrected chi connectivity index (χ4v) is 2.98. The van der Waals surface area contributed by atoms with Crippen LogP contribution in [0.4, 0.5) is 0 Å². The summed E-state index contributed by atoms with van der Waals surface area (Å²) < 4.78 is 7.83. The smallest absolute Gasteiger partial charge is 0.141 e. The van der Waals surface area contributed by atoms with Crippen molar-refractivity contribution in [2.24, 2.45) is 0 Å². The Morgan fingerprint density at radius 3 is 2.41 bits per heavy atom. The van der Waals surface area contributed by atoms with Crippen molar-refractivity contribution in [2.45, 2.75) is 5.33 Å². The zero-order valence-corrected chi connectivity index (χ0v) is 13.5. The summed E-state index contributed by atoms with van der Waals surface area (Å²) in [6, 6.07) is 13.8. The lowest BCUT2D eigenvalue weighted by Gasteiger charge is -2.11. The summed E-state index contributed by atoms with van der Waals surface area (Å²) in [7, 11) is 0. The Labute approximate surface area is 126 Å². The van der Waals surface area contributed by atoms with Crippen molar-refractivity contribution in [1.29, 1.82) is 0 Å². The molecule has 2 rings (SSSR count). The normalized spacial score (nSPS) is 10.3. The van der Waals surface area contributed by atoms with E-state index in [2.05, 4.69) is 47.8 Å². The van der Waals surface area contributed by atoms with Crippen LogP contribution in [0.15, 0.2) is 51.4 Å². The van der Waals surface area contributed by atoms with Crippen LogP contribution in [0.2, 0.25) is 0 Å². The van der Waals surface area contributed by atoms with E-state index in [0.29, 0.717) is 0 Å². The Kier molecular flexibility index (Phi) is 4.65. The molecule has 2 aromatic rings. The summed E-state index contributed by atoms with van der Waals surface area (Å²) in [5.41, 5.74) is 1.13. The molecular formula is C13H9Br3O. The lowest BCUT2D eigenvalue weighted by Crippen LogP contribution is -1.89. The minimum atomic E-state index is 0.775. The molecule has 0 spiro atoms. The van der Waals surface area contributed by atoms with E-state index in [-0.39, 0.29) is 0 Å². The Balaban J connectivity index is 2.31. The maximum absolute atomic E-state index is 5.89. The molecule has 0 aliphatic rings. The van der Waals surface area contributed by atoms with Crippen molar-refractivity contribution < 1.29 is 4.74 Å². The molecule has 0 fully saturated rings. The maximum atomic E-state index is 5.89. The number of hydrogen-bond donors (Lipinski definition) is 0. The molecule has 0 radical (unpaired) electrons. The van der Waals surface area contributed by atoms with E-state index < -0.39 is 0 Å². The van der Waals surface area contributed by atoms with Crippen molar-refractivity contribution in [3.8, 4) is 11.5 Å². The van der Waals surface area contributed by atoms with Crippen LogP contribution >= 0.6 is 47.8 Å². The number of para-hydroxylation sites is 1. The SMILES string of the molecule is BrCc1ccccc1Oc1ccc(Br)cc1Br. The molecule has 0 saturated carbocycles. The molecule has 0 bridgehead atoms. The molecule has 0 saturated heterocycles. The second-order valence-corrected chi connectivity index (χ2v) is 5.75. The number of hydrogen-bond acceptors (Lipinski definition) is 1. The summed E-state index contributed by atoms with van der Waals surface area (Å²) in [5, 5.41) is 0.775. The standard InChI is InChI=1S/C13H9Br3O/c14-8-9-3-1-2-4-12(9)17-13-6-5-10(15)7-11(13)16/h1-7H,8H2. The van der Waals surface area contributed by atoms with Gasteiger partial charge in [-0.25, -0.2) is 0 Å². The van der Waals surface area contributed by atoms with E-state index >= 15 is 0 Å². The second kappa shape index (κ2) is 6.03. The largest absolute Gasteiger partial charge is 0.456 e. The molecule has 17 heavy (non-hydrogen) atoms. The van der Waals surface area contributed by atoms with Gasteiger partial charge in [0.05, 0.1) is 4.47 Å². The zero-order valence-electron chi connectivity index (χ0n) is 8.79. The van der Waals surface area contributed by atoms with E-state index in [9.17, 15) is 0 Å². The first-order chi connectivity index (χ1) is 8.20. The number of benzene rings is 2. The van der Waals surface area contributed by atoms with Crippen LogP contribution in [-0.2, 0) is 5.33 Å². The third-order valence-electron chi connectivity index (χ3n) is 2.23. The van der Waals surface area contributed by atoms with Gasteiger partial charge in [-0.2, -0.15) is 0 Å². The summed E-state index contributed by atoms with van der Waals surface area (Å²) >= 11 is 10.4. The van der Waals surface area contributed by atoms with E-state index in [0.717, 1.165) is 31.3 Å². The predicted octanol–water partition coefficient (Wildman–Crippen LogP) is 5.90. The van der Waals surface area contributed by atoms with E-state index in [1.807, 2.05) is 42.5 Å². The zero-order chi connectivity index (χ0) is 12.3. The second-order valence-electron chi connectivity index (χ2n) is 3.42. The van der Waals surface area contributed by atoms with Crippen LogP contribution in [0.1, 0.15) is 5.56 Å². The maximum Gasteiger partial charge on any atom is 0.141 e. The van der Waals surface area contributed by atoms with Crippen LogP contribution in [0.25, 0.3) is 0 Å². The highest BCUT2D eigenvalue weighted by molar-refractivity contribution is 9.11. The monoisotopic (exact) mass is 418 g/mol. The fraction of sp³-hybridized carbons (Fsp3) is 0.0769. The van der Waals surface area contributed by atoms with Gasteiger partial charge in [0, 0.05) is 15.4 Å². The van der Waals surface area contributed by atoms with Crippen molar-refractivity contribution in [1.82, 2.24) is 0 Å². The minimum absolute atomic E-state index is 0.775. The highest BCUT2D eigenvalue weighted by Gasteiger charge is 2.06. The third kappa shape index (κ3) is 3.33. The topological polar surface area (TPSA) is 9.23 Å². The molecule has 0 aromatic heterocycles. The van der Waals surface area contributed by atoms with Gasteiger partial charge in [0.25, 0.3) is 0 Å². The molecule has 0 aliphatic heterocycles. The highest BCUT2D eigenvalue weighted by Crippen LogP contribution is 2.33. The number of rotatable bonds is 3. The minimum Gasteiger partial charge on any atom is -0.456 e. The lowest BCUT2D eigenvalue weighted by atomic mass is 10.2. The van der Waals surface area contributed by atoms with Gasteiger partial charge < -0.3 is 4.74 Å². The van der Waals surface area contributed by atoms with E-state index in [4.69, 9.17) is 4.74 Å². The van der Waals surface area contributed by atoms with Crippen LogP contribution in [0.3, 0.4) is 0 Å². The first-order valence-electron chi connectivity index (χ1n) is 4.97. The molecule has 4 heteroatoms. The Bertz CT molecular complexity index is 526. The van der Waals surface area contributed by atoms with Crippen LogP contribution in [0, 0.1) is 0 Å². The van der Waals surface area contributed by atoms with Gasteiger partial charge in [-0.15, -0.1) is 0 Å². The lowest BCUT2D eigenvalue weighted by molar-refractivity contribution is 0.475. The molecule has 2 aromatic carbocycles. The molecule has 88 valence electrons. The van der Waals surface area contributed by atoms with Gasteiger partial charge >= 0.3 is 0 Å². The van der Waals surface area contributed by atoms with Crippen molar-refractivity contribution in [3.05, 3.63) is 57.0 Å². The molecular weight excluding hydrogens is 412 g/mol. The fourth-order valence-electron chi connectivity index (χ4n) is 1.39. The molecule has 0 atom stereocenters. The molecule has 1 nitrogen and oxygen atoms in total. The average Bonchev–Trinajstić information content (AvgIpc) is 2.33. The van der Waals surface area contributed by atoms with Gasteiger partial charge in [0.2, 0.25) is 0 Å². The molecule has 0 amide bonds. The first-order valence-corrected chi connectivity index (χ1v) is 7.68. The molecule has 0 aliphatic carbocycles. The van der Waals surface area contributed by atoms with Gasteiger partial charge in [-0.1, -0.05) is 50.1 Å². The van der Waals surface area contributed by atoms with Crippen LogP contribution in [0.5, 0.6) is 11.5 Å². The Morgan fingerprint density at radius 2 is 1.71 bits per heavy atom. The van der Waals surface area contributed by atoms with Crippen LogP contribution < -0.4 is 4.74 Å². The van der Waals surface area contributed by atoms with E-state index in [1.54, 1.807) is 0 Å². The molecule has 0 unspecified atom stereocenters. The summed E-state index contributed by atoms with van der Waals surface area (Å²) in [6.45, 7) is 0. The highest BCUT2D eigenvalue weighted by atomic mass is 79.9. The molecule has 0 N–H and O–H groups in total. The van der Waals surface area contributed by atoms with E-state index in [1.165, 1.54) is 0 Å². The summed E-state index contributed by atoms with van der Waals surface area (Å²) in [4.78, 5) is 0. The van der Waals surface area contributed by atoms with Gasteiger partial charge in [-0.3, -0.25) is 0 Å². The number of ether oxygens (including phenoxy) is 1. The first kappa shape index (κ1) is 13.1. The van der Waals surface area contributed by atoms with Crippen molar-refractivity contribution in [2.75, 3.05) is 0 Å². The summed E-state index contributed by atoms with van der Waals surface area (Å²) in [5.74, 6) is 1.67. The quantitative estimate of drug-likeness (QED) is 0.562. The Morgan fingerprint density at radius 1 is 0.941 bits per heavy atom. The van der Waals surface area contributed by atoms with Gasteiger partial charge in [0.15, 0.2) is 0 Å². The van der Waals surface area contributed by atoms with Crippen molar-refractivity contribution in [3.63, 3.8) is 0 Å². The Hall–Kier alpha value is -0.320. The van der Waals surface area contributed by atoms with Crippen LogP contribution in [-0.4, -0.2) is 0 Å². The molecule has 0 heterocycles. The van der Waals surface area contributed by atoms with Gasteiger partial charge in [0.1, 0.15) is 11.5 Å². The number of alkyl halides is 1. The average molecular weight is 421 g/mol. The predicted molar refractivity (Wildman–Crippen MR) is 81.0 cm³/mol. The number of halogens is 3. The summed E-state index contributed by atoms with van der Waals surface area (Å²) in [6.07, 6.45) is 0.